The molecule has 1 aliphatic rings. The molecule has 1 fully saturated rings. The highest BCUT2D eigenvalue weighted by Gasteiger charge is 2.40. The number of hydrogen-bond donors (Lipinski definition) is 1. The average Bonchev–Trinajstić information content (AvgIpc) is 2.42. The van der Waals surface area contributed by atoms with Gasteiger partial charge in [0.25, 0.3) is 0 Å². The van der Waals surface area contributed by atoms with Crippen molar-refractivity contribution in [2.45, 2.75) is 39.0 Å². The summed E-state index contributed by atoms with van der Waals surface area (Å²) in [5.74, 6) is 0.356. The van der Waals surface area contributed by atoms with E-state index >= 15 is 0 Å². The minimum atomic E-state index is -0.859. The van der Waals surface area contributed by atoms with Gasteiger partial charge >= 0.3 is 0 Å². The van der Waals surface area contributed by atoms with Crippen LogP contribution in [0.1, 0.15) is 37.7 Å². The highest BCUT2D eigenvalue weighted by molar-refractivity contribution is 5.97. The Hall–Kier alpha value is -1.89. The van der Waals surface area contributed by atoms with Crippen molar-refractivity contribution in [2.75, 3.05) is 5.32 Å². The summed E-state index contributed by atoms with van der Waals surface area (Å²) in [5.41, 5.74) is 0.0529. The Kier molecular flexibility index (Phi) is 3.61. The van der Waals surface area contributed by atoms with Gasteiger partial charge in [0, 0.05) is 6.20 Å². The van der Waals surface area contributed by atoms with Crippen molar-refractivity contribution >= 4 is 11.7 Å². The predicted molar refractivity (Wildman–Crippen MR) is 68.7 cm³/mol. The minimum Gasteiger partial charge on any atom is -0.309 e. The lowest BCUT2D eigenvalue weighted by Crippen LogP contribution is -2.37. The standard InChI is InChI=1S/C14H17N3O/c1-11-6-5-9-16-12(11)17-13(18)14(10-15)7-3-2-4-8-14/h5-6,9H,2-4,7-8H2,1H3,(H,16,17,18). The number of carbonyl (C=O) groups excluding carboxylic acids is 1. The molecule has 1 heterocycles. The van der Waals surface area contributed by atoms with E-state index in [1.807, 2.05) is 19.1 Å². The number of nitrogens with one attached hydrogen (secondary N) is 1. The van der Waals surface area contributed by atoms with E-state index in [1.54, 1.807) is 6.20 Å². The number of pyridine rings is 1. The molecular formula is C14H17N3O. The fraction of sp³-hybridized carbons (Fsp3) is 0.500. The van der Waals surface area contributed by atoms with Crippen molar-refractivity contribution < 1.29 is 4.79 Å². The third kappa shape index (κ3) is 2.35. The maximum absolute atomic E-state index is 12.3. The molecule has 2 rings (SSSR count). The molecule has 94 valence electrons. The molecule has 0 saturated heterocycles. The minimum absolute atomic E-state index is 0.202. The van der Waals surface area contributed by atoms with Crippen LogP contribution in [0.3, 0.4) is 0 Å². The second kappa shape index (κ2) is 5.18. The first kappa shape index (κ1) is 12.6. The molecule has 0 radical (unpaired) electrons. The van der Waals surface area contributed by atoms with Crippen LogP contribution in [0.5, 0.6) is 0 Å². The molecule has 1 N–H and O–H groups in total. The van der Waals surface area contributed by atoms with Gasteiger partial charge in [0.05, 0.1) is 6.07 Å². The van der Waals surface area contributed by atoms with E-state index in [1.165, 1.54) is 0 Å². The van der Waals surface area contributed by atoms with Gasteiger partial charge in [-0.25, -0.2) is 4.98 Å². The van der Waals surface area contributed by atoms with Crippen molar-refractivity contribution in [3.05, 3.63) is 23.9 Å². The summed E-state index contributed by atoms with van der Waals surface area (Å²) in [5, 5.41) is 12.1. The van der Waals surface area contributed by atoms with Crippen molar-refractivity contribution in [3.63, 3.8) is 0 Å². The first-order valence-electron chi connectivity index (χ1n) is 6.32. The smallest absolute Gasteiger partial charge is 0.246 e. The Morgan fingerprint density at radius 2 is 2.17 bits per heavy atom. The molecule has 1 aromatic heterocycles. The third-order valence-corrected chi connectivity index (χ3v) is 3.60. The number of rotatable bonds is 2. The molecule has 4 heteroatoms. The average molecular weight is 243 g/mol. The molecule has 0 spiro atoms. The topological polar surface area (TPSA) is 65.8 Å². The zero-order valence-electron chi connectivity index (χ0n) is 10.6. The number of amides is 1. The summed E-state index contributed by atoms with van der Waals surface area (Å²) in [7, 11) is 0. The van der Waals surface area contributed by atoms with Crippen LogP contribution in [0.4, 0.5) is 5.82 Å². The summed E-state index contributed by atoms with van der Waals surface area (Å²) in [6.07, 6.45) is 5.95. The van der Waals surface area contributed by atoms with Gasteiger partial charge in [-0.2, -0.15) is 5.26 Å². The normalized spacial score (nSPS) is 17.8. The predicted octanol–water partition coefficient (Wildman–Crippen LogP) is 2.80. The van der Waals surface area contributed by atoms with Gasteiger partial charge in [0.15, 0.2) is 0 Å². The van der Waals surface area contributed by atoms with Crippen molar-refractivity contribution in [1.82, 2.24) is 4.98 Å². The molecule has 18 heavy (non-hydrogen) atoms. The number of nitriles is 1. The van der Waals surface area contributed by atoms with Gasteiger partial charge in [0.1, 0.15) is 11.2 Å². The molecule has 0 unspecified atom stereocenters. The monoisotopic (exact) mass is 243 g/mol. The number of aromatic nitrogens is 1. The van der Waals surface area contributed by atoms with E-state index in [0.717, 1.165) is 24.8 Å². The van der Waals surface area contributed by atoms with Crippen LogP contribution in [-0.2, 0) is 4.79 Å². The maximum atomic E-state index is 12.3. The Morgan fingerprint density at radius 1 is 1.44 bits per heavy atom. The molecule has 1 saturated carbocycles. The zero-order valence-corrected chi connectivity index (χ0v) is 10.6. The van der Waals surface area contributed by atoms with E-state index in [2.05, 4.69) is 16.4 Å². The van der Waals surface area contributed by atoms with E-state index in [9.17, 15) is 10.1 Å². The number of aryl methyl sites for hydroxylation is 1. The van der Waals surface area contributed by atoms with Crippen LogP contribution in [0.25, 0.3) is 0 Å². The van der Waals surface area contributed by atoms with Crippen LogP contribution >= 0.6 is 0 Å². The molecule has 1 aromatic rings. The first-order valence-corrected chi connectivity index (χ1v) is 6.32. The second-order valence-corrected chi connectivity index (χ2v) is 4.88. The van der Waals surface area contributed by atoms with Crippen molar-refractivity contribution in [3.8, 4) is 6.07 Å². The largest absolute Gasteiger partial charge is 0.309 e. The molecular weight excluding hydrogens is 226 g/mol. The van der Waals surface area contributed by atoms with Gasteiger partial charge in [-0.05, 0) is 31.4 Å². The number of carbonyl (C=O) groups is 1. The Morgan fingerprint density at radius 3 is 2.78 bits per heavy atom. The van der Waals surface area contributed by atoms with Gasteiger partial charge in [-0.15, -0.1) is 0 Å². The summed E-state index contributed by atoms with van der Waals surface area (Å²) in [6.45, 7) is 1.89. The highest BCUT2D eigenvalue weighted by atomic mass is 16.2. The van der Waals surface area contributed by atoms with E-state index in [4.69, 9.17) is 0 Å². The Bertz CT molecular complexity index is 484. The fourth-order valence-electron chi connectivity index (χ4n) is 2.39. The molecule has 1 amide bonds. The lowest BCUT2D eigenvalue weighted by molar-refractivity contribution is -0.124. The zero-order chi connectivity index (χ0) is 13.0. The molecule has 0 aliphatic heterocycles. The summed E-state index contributed by atoms with van der Waals surface area (Å²) < 4.78 is 0. The quantitative estimate of drug-likeness (QED) is 0.868. The van der Waals surface area contributed by atoms with Crippen LogP contribution < -0.4 is 5.32 Å². The van der Waals surface area contributed by atoms with Crippen molar-refractivity contribution in [2.24, 2.45) is 5.41 Å². The summed E-state index contributed by atoms with van der Waals surface area (Å²) >= 11 is 0. The molecule has 0 aromatic carbocycles. The SMILES string of the molecule is Cc1cccnc1NC(=O)C1(C#N)CCCCC1. The van der Waals surface area contributed by atoms with Gasteiger partial charge in [-0.1, -0.05) is 25.3 Å². The summed E-state index contributed by atoms with van der Waals surface area (Å²) in [6, 6.07) is 5.93. The fourth-order valence-corrected chi connectivity index (χ4v) is 2.39. The third-order valence-electron chi connectivity index (χ3n) is 3.60. The van der Waals surface area contributed by atoms with Gasteiger partial charge in [0.2, 0.25) is 5.91 Å². The molecule has 0 atom stereocenters. The highest BCUT2D eigenvalue weighted by Crippen LogP contribution is 2.36. The molecule has 4 nitrogen and oxygen atoms in total. The Balaban J connectivity index is 2.16. The van der Waals surface area contributed by atoms with Crippen molar-refractivity contribution in [1.29, 1.82) is 5.26 Å². The number of nitrogens with zero attached hydrogens (tertiary/aromatic N) is 2. The molecule has 0 bridgehead atoms. The summed E-state index contributed by atoms with van der Waals surface area (Å²) in [4.78, 5) is 16.4. The van der Waals surface area contributed by atoms with Gasteiger partial charge in [-0.3, -0.25) is 4.79 Å². The van der Waals surface area contributed by atoms with Crippen LogP contribution in [0.2, 0.25) is 0 Å². The molecule has 1 aliphatic carbocycles. The van der Waals surface area contributed by atoms with E-state index in [-0.39, 0.29) is 5.91 Å². The van der Waals surface area contributed by atoms with Crippen LogP contribution in [0, 0.1) is 23.7 Å². The lowest BCUT2D eigenvalue weighted by atomic mass is 9.74. The van der Waals surface area contributed by atoms with Gasteiger partial charge < -0.3 is 5.32 Å². The number of anilines is 1. The van der Waals surface area contributed by atoms with E-state index in [0.29, 0.717) is 18.7 Å². The maximum Gasteiger partial charge on any atom is 0.246 e. The number of hydrogen-bond acceptors (Lipinski definition) is 3. The Labute approximate surface area is 107 Å². The van der Waals surface area contributed by atoms with Crippen LogP contribution in [-0.4, -0.2) is 10.9 Å². The van der Waals surface area contributed by atoms with Crippen LogP contribution in [0.15, 0.2) is 18.3 Å². The first-order chi connectivity index (χ1) is 8.68. The second-order valence-electron chi connectivity index (χ2n) is 4.88. The van der Waals surface area contributed by atoms with E-state index < -0.39 is 5.41 Å². The lowest BCUT2D eigenvalue weighted by Gasteiger charge is -2.29.